The molecule has 0 aliphatic heterocycles. The minimum atomic E-state index is -1.42. The molecule has 1 aromatic heterocycles. The Bertz CT molecular complexity index is 552. The van der Waals surface area contributed by atoms with Gasteiger partial charge < -0.3 is 0 Å². The maximum Gasteiger partial charge on any atom is 0.123 e. The van der Waals surface area contributed by atoms with Gasteiger partial charge >= 0.3 is 0 Å². The summed E-state index contributed by atoms with van der Waals surface area (Å²) in [5.41, 5.74) is 1.67. The Morgan fingerprint density at radius 1 is 1.22 bits per heavy atom. The maximum absolute atomic E-state index is 12.8. The van der Waals surface area contributed by atoms with Crippen molar-refractivity contribution in [2.24, 2.45) is 4.99 Å². The third kappa shape index (κ3) is 2.92. The van der Waals surface area contributed by atoms with Gasteiger partial charge in [0.05, 0.1) is 25.7 Å². The Balaban J connectivity index is 2.24. The third-order valence-electron chi connectivity index (χ3n) is 2.65. The molecule has 5 heteroatoms. The smallest absolute Gasteiger partial charge is 0.123 e. The van der Waals surface area contributed by atoms with Gasteiger partial charge in [0, 0.05) is 6.20 Å². The Morgan fingerprint density at radius 3 is 2.50 bits per heavy atom. The molecular weight excluding hydrogens is 245 g/mol. The molecule has 3 nitrogen and oxygen atoms in total. The summed E-state index contributed by atoms with van der Waals surface area (Å²) >= 11 is 0. The van der Waals surface area contributed by atoms with Crippen LogP contribution in [0, 0.1) is 5.82 Å². The lowest BCUT2D eigenvalue weighted by atomic mass is 10.3. The van der Waals surface area contributed by atoms with Crippen molar-refractivity contribution in [3.63, 3.8) is 0 Å². The molecule has 1 aromatic carbocycles. The number of halogens is 1. The second kappa shape index (κ2) is 4.86. The number of aromatic amines is 1. The van der Waals surface area contributed by atoms with Crippen LogP contribution in [0.5, 0.6) is 0 Å². The number of hydrogen-bond acceptors (Lipinski definition) is 2. The summed E-state index contributed by atoms with van der Waals surface area (Å²) in [4.78, 5) is 4.32. The molecule has 1 heterocycles. The molecule has 2 aromatic rings. The summed E-state index contributed by atoms with van der Waals surface area (Å²) in [6.07, 6.45) is 3.63. The van der Waals surface area contributed by atoms with E-state index in [1.165, 1.54) is 17.3 Å². The number of H-pyrrole nitrogens is 1. The second-order valence-electron chi connectivity index (χ2n) is 5.18. The van der Waals surface area contributed by atoms with Crippen LogP contribution in [-0.4, -0.2) is 24.5 Å². The van der Waals surface area contributed by atoms with E-state index >= 15 is 0 Å². The van der Waals surface area contributed by atoms with E-state index in [-0.39, 0.29) is 5.82 Å². The van der Waals surface area contributed by atoms with Crippen LogP contribution in [0.3, 0.4) is 0 Å². The van der Waals surface area contributed by atoms with Crippen molar-refractivity contribution < 1.29 is 4.39 Å². The van der Waals surface area contributed by atoms with Crippen LogP contribution in [-0.2, 0) is 0 Å². The first-order chi connectivity index (χ1) is 8.47. The van der Waals surface area contributed by atoms with Gasteiger partial charge in [-0.25, -0.2) is 4.39 Å². The zero-order valence-electron chi connectivity index (χ0n) is 10.7. The maximum atomic E-state index is 12.8. The summed E-state index contributed by atoms with van der Waals surface area (Å²) in [7, 11) is -1.42. The fourth-order valence-corrected chi connectivity index (χ4v) is 3.04. The van der Waals surface area contributed by atoms with Gasteiger partial charge in [0.1, 0.15) is 5.82 Å². The van der Waals surface area contributed by atoms with Crippen LogP contribution in [0.4, 0.5) is 10.1 Å². The van der Waals surface area contributed by atoms with Gasteiger partial charge in [-0.05, 0) is 29.5 Å². The monoisotopic (exact) mass is 261 g/mol. The molecule has 0 aliphatic rings. The first-order valence-electron chi connectivity index (χ1n) is 5.80. The zero-order valence-corrected chi connectivity index (χ0v) is 11.7. The molecule has 0 spiro atoms. The van der Waals surface area contributed by atoms with Gasteiger partial charge in [-0.15, -0.1) is 0 Å². The quantitative estimate of drug-likeness (QED) is 0.670. The van der Waals surface area contributed by atoms with Gasteiger partial charge in [-0.2, -0.15) is 5.10 Å². The van der Waals surface area contributed by atoms with E-state index in [2.05, 4.69) is 34.8 Å². The van der Waals surface area contributed by atoms with Crippen molar-refractivity contribution in [2.45, 2.75) is 19.6 Å². The summed E-state index contributed by atoms with van der Waals surface area (Å²) in [5.74, 6) is -0.252. The molecule has 0 bridgehead atoms. The average molecular weight is 261 g/mol. The topological polar surface area (TPSA) is 41.0 Å². The molecular formula is C13H16FN3Si. The molecule has 94 valence electrons. The van der Waals surface area contributed by atoms with Gasteiger partial charge in [0.15, 0.2) is 0 Å². The lowest BCUT2D eigenvalue weighted by Gasteiger charge is -2.14. The van der Waals surface area contributed by atoms with Crippen molar-refractivity contribution in [3.05, 3.63) is 42.0 Å². The van der Waals surface area contributed by atoms with Crippen molar-refractivity contribution in [1.29, 1.82) is 0 Å². The Kier molecular flexibility index (Phi) is 3.42. The number of nitrogens with zero attached hydrogens (tertiary/aromatic N) is 2. The van der Waals surface area contributed by atoms with Gasteiger partial charge in [0.2, 0.25) is 0 Å². The lowest BCUT2D eigenvalue weighted by Crippen LogP contribution is -2.39. The molecule has 0 amide bonds. The van der Waals surface area contributed by atoms with E-state index in [1.54, 1.807) is 18.3 Å². The van der Waals surface area contributed by atoms with Gasteiger partial charge in [0.25, 0.3) is 0 Å². The summed E-state index contributed by atoms with van der Waals surface area (Å²) in [5, 5.41) is 8.27. The van der Waals surface area contributed by atoms with Gasteiger partial charge in [-0.1, -0.05) is 19.6 Å². The SMILES string of the molecule is C[Si](C)(C)c1cn[nH]c1C=Nc1ccc(F)cc1. The Labute approximate surface area is 107 Å². The molecule has 0 radical (unpaired) electrons. The number of benzene rings is 1. The molecule has 1 N–H and O–H groups in total. The Morgan fingerprint density at radius 2 is 1.89 bits per heavy atom. The van der Waals surface area contributed by atoms with Crippen LogP contribution in [0.15, 0.2) is 35.5 Å². The zero-order chi connectivity index (χ0) is 13.2. The van der Waals surface area contributed by atoms with E-state index in [0.29, 0.717) is 0 Å². The van der Waals surface area contributed by atoms with Crippen LogP contribution < -0.4 is 5.19 Å². The molecule has 0 saturated heterocycles. The van der Waals surface area contributed by atoms with E-state index in [4.69, 9.17) is 0 Å². The number of hydrogen-bond donors (Lipinski definition) is 1. The predicted molar refractivity (Wildman–Crippen MR) is 75.2 cm³/mol. The fourth-order valence-electron chi connectivity index (χ4n) is 1.66. The average Bonchev–Trinajstić information content (AvgIpc) is 2.76. The van der Waals surface area contributed by atoms with Crippen LogP contribution >= 0.6 is 0 Å². The molecule has 0 aliphatic carbocycles. The van der Waals surface area contributed by atoms with Crippen molar-refractivity contribution >= 4 is 25.2 Å². The largest absolute Gasteiger partial charge is 0.277 e. The summed E-state index contributed by atoms with van der Waals surface area (Å²) in [6.45, 7) is 6.77. The normalized spacial score (nSPS) is 12.2. The minimum absolute atomic E-state index is 0.252. The Hall–Kier alpha value is -1.75. The second-order valence-corrected chi connectivity index (χ2v) is 10.2. The minimum Gasteiger partial charge on any atom is -0.277 e. The first kappa shape index (κ1) is 12.7. The van der Waals surface area contributed by atoms with Crippen molar-refractivity contribution in [3.8, 4) is 0 Å². The number of rotatable bonds is 3. The van der Waals surface area contributed by atoms with Gasteiger partial charge in [-0.3, -0.25) is 10.1 Å². The van der Waals surface area contributed by atoms with E-state index in [0.717, 1.165) is 11.4 Å². The van der Waals surface area contributed by atoms with E-state index in [9.17, 15) is 4.39 Å². The van der Waals surface area contributed by atoms with Crippen molar-refractivity contribution in [1.82, 2.24) is 10.2 Å². The number of aromatic nitrogens is 2. The molecule has 0 fully saturated rings. The van der Waals surface area contributed by atoms with Crippen molar-refractivity contribution in [2.75, 3.05) is 0 Å². The molecule has 0 saturated carbocycles. The predicted octanol–water partition coefficient (Wildman–Crippen LogP) is 2.84. The van der Waals surface area contributed by atoms with Crippen LogP contribution in [0.25, 0.3) is 0 Å². The molecule has 0 unspecified atom stereocenters. The van der Waals surface area contributed by atoms with E-state index in [1.807, 2.05) is 6.20 Å². The fraction of sp³-hybridized carbons (Fsp3) is 0.231. The summed E-state index contributed by atoms with van der Waals surface area (Å²) < 4.78 is 12.8. The highest BCUT2D eigenvalue weighted by Crippen LogP contribution is 2.12. The highest BCUT2D eigenvalue weighted by molar-refractivity contribution is 6.89. The lowest BCUT2D eigenvalue weighted by molar-refractivity contribution is 0.628. The van der Waals surface area contributed by atoms with Crippen LogP contribution in [0.2, 0.25) is 19.6 Å². The van der Waals surface area contributed by atoms with E-state index < -0.39 is 8.07 Å². The molecule has 0 atom stereocenters. The van der Waals surface area contributed by atoms with Crippen LogP contribution in [0.1, 0.15) is 5.69 Å². The first-order valence-corrected chi connectivity index (χ1v) is 9.30. The number of nitrogens with one attached hydrogen (secondary N) is 1. The number of aliphatic imine (C=N–C) groups is 1. The third-order valence-corrected chi connectivity index (χ3v) is 4.66. The molecule has 18 heavy (non-hydrogen) atoms. The highest BCUT2D eigenvalue weighted by atomic mass is 28.3. The highest BCUT2D eigenvalue weighted by Gasteiger charge is 2.20. The summed E-state index contributed by atoms with van der Waals surface area (Å²) in [6, 6.07) is 6.10. The standard InChI is InChI=1S/C13H16FN3Si/c1-18(2,3)13-9-16-17-12(13)8-15-11-6-4-10(14)5-7-11/h4-9H,1-3H3,(H,16,17). The molecule has 2 rings (SSSR count).